The molecule has 1 aromatic heterocycles. The zero-order valence-electron chi connectivity index (χ0n) is 18.2. The number of ketones is 1. The predicted octanol–water partition coefficient (Wildman–Crippen LogP) is 5.31. The van der Waals surface area contributed by atoms with E-state index in [4.69, 9.17) is 32.7 Å². The van der Waals surface area contributed by atoms with Crippen molar-refractivity contribution < 1.29 is 33.0 Å². The summed E-state index contributed by atoms with van der Waals surface area (Å²) in [5.74, 6) is -5.10. The van der Waals surface area contributed by atoms with Gasteiger partial charge < -0.3 is 14.6 Å². The number of pyridine rings is 1. The highest BCUT2D eigenvalue weighted by Gasteiger charge is 2.47. The van der Waals surface area contributed by atoms with E-state index in [2.05, 4.69) is 4.98 Å². The molecular formula is C24H16Cl2F2N2O5. The summed E-state index contributed by atoms with van der Waals surface area (Å²) in [5.41, 5.74) is -0.146. The van der Waals surface area contributed by atoms with Crippen LogP contribution in [0, 0.1) is 11.6 Å². The first-order valence-corrected chi connectivity index (χ1v) is 10.7. The smallest absolute Gasteiger partial charge is 0.300 e. The summed E-state index contributed by atoms with van der Waals surface area (Å²) in [7, 11) is 2.62. The van der Waals surface area contributed by atoms with Crippen molar-refractivity contribution in [3.63, 3.8) is 0 Å². The summed E-state index contributed by atoms with van der Waals surface area (Å²) >= 11 is 12.6. The van der Waals surface area contributed by atoms with Crippen molar-refractivity contribution in [3.8, 4) is 11.5 Å². The summed E-state index contributed by atoms with van der Waals surface area (Å²) in [6.45, 7) is 0. The molecule has 1 aliphatic rings. The Morgan fingerprint density at radius 3 is 2.26 bits per heavy atom. The molecule has 2 aromatic carbocycles. The monoisotopic (exact) mass is 520 g/mol. The number of Topliss-reactive ketones (excluding diaryl/α,β-unsaturated/α-hetero) is 1. The molecule has 0 radical (unpaired) electrons. The quantitative estimate of drug-likeness (QED) is 0.278. The summed E-state index contributed by atoms with van der Waals surface area (Å²) in [4.78, 5) is 31.2. The number of carbonyl (C=O) groups excluding carboxylic acids is 2. The standard InChI is InChI=1S/C24H16Cl2F2N2O5/c1-34-22-13(10-14(25)23(35-2)18(22)26)20(31)17-19(11-5-7-29-8-6-11)30(24(33)21(17)32)12-3-4-15(27)16(28)9-12/h3-10,19,31H,1-2H3/b20-17+. The average molecular weight is 521 g/mol. The van der Waals surface area contributed by atoms with Gasteiger partial charge in [-0.25, -0.2) is 8.78 Å². The van der Waals surface area contributed by atoms with Crippen molar-refractivity contribution in [2.45, 2.75) is 6.04 Å². The molecule has 11 heteroatoms. The Bertz CT molecular complexity index is 1380. The van der Waals surface area contributed by atoms with Gasteiger partial charge in [-0.2, -0.15) is 0 Å². The largest absolute Gasteiger partial charge is 0.507 e. The van der Waals surface area contributed by atoms with Crippen molar-refractivity contribution in [3.05, 3.63) is 87.2 Å². The lowest BCUT2D eigenvalue weighted by Gasteiger charge is -2.25. The van der Waals surface area contributed by atoms with E-state index in [1.54, 1.807) is 0 Å². The maximum Gasteiger partial charge on any atom is 0.300 e. The molecule has 1 atom stereocenters. The summed E-state index contributed by atoms with van der Waals surface area (Å²) in [6.07, 6.45) is 2.84. The zero-order valence-corrected chi connectivity index (χ0v) is 19.7. The van der Waals surface area contributed by atoms with Gasteiger partial charge in [-0.15, -0.1) is 0 Å². The average Bonchev–Trinajstić information content (AvgIpc) is 3.11. The second-order valence-corrected chi connectivity index (χ2v) is 8.12. The van der Waals surface area contributed by atoms with Crippen molar-refractivity contribution >= 4 is 46.3 Å². The van der Waals surface area contributed by atoms with E-state index in [-0.39, 0.29) is 38.4 Å². The van der Waals surface area contributed by atoms with Gasteiger partial charge >= 0.3 is 0 Å². The van der Waals surface area contributed by atoms with Crippen LogP contribution in [0.25, 0.3) is 5.76 Å². The van der Waals surface area contributed by atoms with Crippen LogP contribution < -0.4 is 14.4 Å². The molecule has 7 nitrogen and oxygen atoms in total. The number of carbonyl (C=O) groups is 2. The van der Waals surface area contributed by atoms with E-state index in [9.17, 15) is 23.5 Å². The van der Waals surface area contributed by atoms with Gasteiger partial charge in [0.05, 0.1) is 36.4 Å². The summed E-state index contributed by atoms with van der Waals surface area (Å²) in [6, 6.07) is 5.86. The number of amides is 1. The minimum absolute atomic E-state index is 0.00939. The lowest BCUT2D eigenvalue weighted by Crippen LogP contribution is -2.29. The topological polar surface area (TPSA) is 89.0 Å². The number of halogens is 4. The van der Waals surface area contributed by atoms with E-state index in [1.165, 1.54) is 44.8 Å². The Hall–Kier alpha value is -3.69. The summed E-state index contributed by atoms with van der Waals surface area (Å²) in [5, 5.41) is 11.3. The Morgan fingerprint density at radius 1 is 1.00 bits per heavy atom. The molecule has 2 heterocycles. The molecule has 0 bridgehead atoms. The van der Waals surface area contributed by atoms with E-state index in [1.807, 2.05) is 0 Å². The van der Waals surface area contributed by atoms with Crippen LogP contribution in [-0.4, -0.2) is 36.0 Å². The van der Waals surface area contributed by atoms with Gasteiger partial charge in [-0.1, -0.05) is 23.2 Å². The lowest BCUT2D eigenvalue weighted by molar-refractivity contribution is -0.132. The number of nitrogens with zero attached hydrogens (tertiary/aromatic N) is 2. The van der Waals surface area contributed by atoms with Gasteiger partial charge in [0, 0.05) is 24.1 Å². The second kappa shape index (κ2) is 9.52. The first-order chi connectivity index (χ1) is 16.7. The van der Waals surface area contributed by atoms with Crippen molar-refractivity contribution in [2.24, 2.45) is 0 Å². The van der Waals surface area contributed by atoms with Crippen LogP contribution in [0.2, 0.25) is 10.0 Å². The number of methoxy groups -OCH3 is 2. The molecule has 180 valence electrons. The van der Waals surface area contributed by atoms with E-state index in [0.29, 0.717) is 5.56 Å². The number of ether oxygens (including phenoxy) is 2. The van der Waals surface area contributed by atoms with E-state index in [0.717, 1.165) is 23.1 Å². The molecule has 1 amide bonds. The van der Waals surface area contributed by atoms with Crippen LogP contribution in [0.5, 0.6) is 11.5 Å². The number of hydrogen-bond acceptors (Lipinski definition) is 6. The van der Waals surface area contributed by atoms with Gasteiger partial charge in [-0.3, -0.25) is 19.5 Å². The molecular weight excluding hydrogens is 505 g/mol. The van der Waals surface area contributed by atoms with Crippen LogP contribution in [0.1, 0.15) is 17.2 Å². The molecule has 0 aliphatic carbocycles. The van der Waals surface area contributed by atoms with Crippen molar-refractivity contribution in [1.29, 1.82) is 0 Å². The predicted molar refractivity (Wildman–Crippen MR) is 125 cm³/mol. The highest BCUT2D eigenvalue weighted by molar-refractivity contribution is 6.52. The number of aliphatic hydroxyl groups excluding tert-OH is 1. The first-order valence-electron chi connectivity index (χ1n) is 9.97. The Labute approximate surface area is 208 Å². The van der Waals surface area contributed by atoms with Crippen LogP contribution in [0.15, 0.2) is 54.4 Å². The minimum Gasteiger partial charge on any atom is -0.507 e. The fraction of sp³-hybridized carbons (Fsp3) is 0.125. The third-order valence-corrected chi connectivity index (χ3v) is 6.07. The molecule has 0 spiro atoms. The van der Waals surface area contributed by atoms with Crippen LogP contribution in [0.3, 0.4) is 0 Å². The number of aliphatic hydroxyl groups is 1. The number of anilines is 1. The number of rotatable bonds is 5. The molecule has 35 heavy (non-hydrogen) atoms. The Balaban J connectivity index is 2.01. The van der Waals surface area contributed by atoms with Gasteiger partial charge in [0.15, 0.2) is 23.1 Å². The lowest BCUT2D eigenvalue weighted by atomic mass is 9.95. The molecule has 1 fully saturated rings. The van der Waals surface area contributed by atoms with Crippen LogP contribution in [-0.2, 0) is 9.59 Å². The maximum absolute atomic E-state index is 14.0. The SMILES string of the molecule is COc1c(Cl)cc(/C(O)=C2\C(=O)C(=O)N(c3ccc(F)c(F)c3)C2c2ccncc2)c(OC)c1Cl. The fourth-order valence-corrected chi connectivity index (χ4v) is 4.57. The minimum atomic E-state index is -1.22. The first kappa shape index (κ1) is 24.4. The molecule has 1 unspecified atom stereocenters. The van der Waals surface area contributed by atoms with Crippen LogP contribution >= 0.6 is 23.2 Å². The fourth-order valence-electron chi connectivity index (χ4n) is 3.89. The zero-order chi connectivity index (χ0) is 25.4. The van der Waals surface area contributed by atoms with Gasteiger partial charge in [0.25, 0.3) is 11.7 Å². The highest BCUT2D eigenvalue weighted by atomic mass is 35.5. The Morgan fingerprint density at radius 2 is 1.66 bits per heavy atom. The van der Waals surface area contributed by atoms with E-state index >= 15 is 0 Å². The number of aromatic nitrogens is 1. The molecule has 1 saturated heterocycles. The molecule has 0 saturated carbocycles. The number of hydrogen-bond donors (Lipinski definition) is 1. The molecule has 3 aromatic rings. The number of benzene rings is 2. The Kier molecular flexibility index (Phi) is 6.64. The van der Waals surface area contributed by atoms with Crippen molar-refractivity contribution in [1.82, 2.24) is 4.98 Å². The molecule has 4 rings (SSSR count). The van der Waals surface area contributed by atoms with Gasteiger partial charge in [-0.05, 0) is 35.9 Å². The third kappa shape index (κ3) is 4.06. The molecule has 1 aliphatic heterocycles. The second-order valence-electron chi connectivity index (χ2n) is 7.33. The maximum atomic E-state index is 14.0. The van der Waals surface area contributed by atoms with Gasteiger partial charge in [0.2, 0.25) is 0 Å². The van der Waals surface area contributed by atoms with Crippen molar-refractivity contribution in [2.75, 3.05) is 19.1 Å². The van der Waals surface area contributed by atoms with Crippen LogP contribution in [0.4, 0.5) is 14.5 Å². The third-order valence-electron chi connectivity index (χ3n) is 5.44. The van der Waals surface area contributed by atoms with Gasteiger partial charge in [0.1, 0.15) is 10.8 Å². The van der Waals surface area contributed by atoms with E-state index < -0.39 is 35.1 Å². The highest BCUT2D eigenvalue weighted by Crippen LogP contribution is 2.48. The normalized spacial score (nSPS) is 17.1. The molecule has 1 N–H and O–H groups in total. The summed E-state index contributed by atoms with van der Waals surface area (Å²) < 4.78 is 38.1.